The van der Waals surface area contributed by atoms with Gasteiger partial charge in [-0.3, -0.25) is 4.79 Å². The van der Waals surface area contributed by atoms with Crippen molar-refractivity contribution in [3.8, 4) is 11.5 Å². The second-order valence-electron chi connectivity index (χ2n) is 4.67. The Hall–Kier alpha value is -2.55. The number of ketones is 1. The molecule has 0 spiro atoms. The van der Waals surface area contributed by atoms with Crippen molar-refractivity contribution in [2.24, 2.45) is 0 Å². The molecular weight excluding hydrogens is 264 g/mol. The van der Waals surface area contributed by atoms with Gasteiger partial charge in [0.15, 0.2) is 5.78 Å². The third kappa shape index (κ3) is 3.72. The lowest BCUT2D eigenvalue weighted by Crippen LogP contribution is -1.99. The summed E-state index contributed by atoms with van der Waals surface area (Å²) in [4.78, 5) is 12.3. The average Bonchev–Trinajstić information content (AvgIpc) is 2.53. The highest BCUT2D eigenvalue weighted by molar-refractivity contribution is 6.08. The van der Waals surface area contributed by atoms with Crippen molar-refractivity contribution >= 4 is 11.9 Å². The Kier molecular flexibility index (Phi) is 4.77. The second kappa shape index (κ2) is 6.75. The number of allylic oxidation sites excluding steroid dienone is 1. The predicted molar refractivity (Wildman–Crippen MR) is 84.1 cm³/mol. The van der Waals surface area contributed by atoms with E-state index in [1.165, 1.54) is 5.56 Å². The summed E-state index contributed by atoms with van der Waals surface area (Å²) in [5.41, 5.74) is 2.66. The largest absolute Gasteiger partial charge is 0.497 e. The highest BCUT2D eigenvalue weighted by Crippen LogP contribution is 2.24. The van der Waals surface area contributed by atoms with Gasteiger partial charge in [-0.1, -0.05) is 35.9 Å². The first-order chi connectivity index (χ1) is 10.1. The van der Waals surface area contributed by atoms with Gasteiger partial charge < -0.3 is 9.47 Å². The highest BCUT2D eigenvalue weighted by Gasteiger charge is 2.11. The van der Waals surface area contributed by atoms with E-state index in [0.717, 1.165) is 5.56 Å². The van der Waals surface area contributed by atoms with E-state index in [0.29, 0.717) is 17.1 Å². The third-order valence-electron chi connectivity index (χ3n) is 3.18. The van der Waals surface area contributed by atoms with Crippen molar-refractivity contribution in [1.29, 1.82) is 0 Å². The maximum atomic E-state index is 12.3. The molecule has 3 nitrogen and oxygen atoms in total. The maximum Gasteiger partial charge on any atom is 0.189 e. The molecule has 0 saturated carbocycles. The summed E-state index contributed by atoms with van der Waals surface area (Å²) in [5.74, 6) is 1.04. The lowest BCUT2D eigenvalue weighted by atomic mass is 10.1. The van der Waals surface area contributed by atoms with Gasteiger partial charge >= 0.3 is 0 Å². The van der Waals surface area contributed by atoms with E-state index in [9.17, 15) is 4.79 Å². The summed E-state index contributed by atoms with van der Waals surface area (Å²) in [6.07, 6.45) is 3.34. The van der Waals surface area contributed by atoms with Crippen LogP contribution in [0.1, 0.15) is 21.5 Å². The molecule has 0 aliphatic rings. The normalized spacial score (nSPS) is 10.6. The van der Waals surface area contributed by atoms with Crippen molar-refractivity contribution in [2.45, 2.75) is 6.92 Å². The SMILES string of the molecule is COc1ccc(OC)c(C(=O)C=Cc2ccc(C)cc2)c1. The van der Waals surface area contributed by atoms with Crippen molar-refractivity contribution in [2.75, 3.05) is 14.2 Å². The lowest BCUT2D eigenvalue weighted by Gasteiger charge is -2.07. The van der Waals surface area contributed by atoms with Crippen LogP contribution < -0.4 is 9.47 Å². The van der Waals surface area contributed by atoms with Crippen molar-refractivity contribution in [1.82, 2.24) is 0 Å². The van der Waals surface area contributed by atoms with Crippen LogP contribution in [0.15, 0.2) is 48.5 Å². The van der Waals surface area contributed by atoms with Gasteiger partial charge in [0.2, 0.25) is 0 Å². The molecule has 0 unspecified atom stereocenters. The van der Waals surface area contributed by atoms with E-state index in [1.807, 2.05) is 31.2 Å². The van der Waals surface area contributed by atoms with Crippen LogP contribution in [0.2, 0.25) is 0 Å². The molecule has 0 radical (unpaired) electrons. The first kappa shape index (κ1) is 14.9. The number of hydrogen-bond acceptors (Lipinski definition) is 3. The molecule has 0 aliphatic carbocycles. The van der Waals surface area contributed by atoms with Crippen LogP contribution in [0.4, 0.5) is 0 Å². The number of hydrogen-bond donors (Lipinski definition) is 0. The minimum absolute atomic E-state index is 0.119. The lowest BCUT2D eigenvalue weighted by molar-refractivity contribution is 0.104. The summed E-state index contributed by atoms with van der Waals surface area (Å²) in [6, 6.07) is 13.1. The Morgan fingerprint density at radius 1 is 1.00 bits per heavy atom. The van der Waals surface area contributed by atoms with E-state index in [4.69, 9.17) is 9.47 Å². The van der Waals surface area contributed by atoms with Gasteiger partial charge in [0.1, 0.15) is 11.5 Å². The Morgan fingerprint density at radius 2 is 1.71 bits per heavy atom. The van der Waals surface area contributed by atoms with Crippen LogP contribution >= 0.6 is 0 Å². The first-order valence-corrected chi connectivity index (χ1v) is 6.65. The molecule has 0 fully saturated rings. The van der Waals surface area contributed by atoms with Gasteiger partial charge in [0, 0.05) is 0 Å². The molecule has 2 aromatic rings. The Bertz CT molecular complexity index is 655. The molecule has 0 heterocycles. The number of ether oxygens (including phenoxy) is 2. The summed E-state index contributed by atoms with van der Waals surface area (Å²) < 4.78 is 10.4. The van der Waals surface area contributed by atoms with Gasteiger partial charge in [0.25, 0.3) is 0 Å². The Morgan fingerprint density at radius 3 is 2.33 bits per heavy atom. The fourth-order valence-electron chi connectivity index (χ4n) is 1.95. The fraction of sp³-hybridized carbons (Fsp3) is 0.167. The monoisotopic (exact) mass is 282 g/mol. The van der Waals surface area contributed by atoms with E-state index in [1.54, 1.807) is 44.6 Å². The maximum absolute atomic E-state index is 12.3. The molecule has 2 aromatic carbocycles. The van der Waals surface area contributed by atoms with Crippen LogP contribution in [-0.2, 0) is 0 Å². The van der Waals surface area contributed by atoms with Gasteiger partial charge in [0.05, 0.1) is 19.8 Å². The summed E-state index contributed by atoms with van der Waals surface area (Å²) >= 11 is 0. The van der Waals surface area contributed by atoms with Crippen molar-refractivity contribution in [3.63, 3.8) is 0 Å². The predicted octanol–water partition coefficient (Wildman–Crippen LogP) is 3.91. The molecule has 0 saturated heterocycles. The number of methoxy groups -OCH3 is 2. The quantitative estimate of drug-likeness (QED) is 0.616. The standard InChI is InChI=1S/C18H18O3/c1-13-4-6-14(7-5-13)8-10-17(19)16-12-15(20-2)9-11-18(16)21-3/h4-12H,1-3H3. The molecule has 0 bridgehead atoms. The molecule has 0 N–H and O–H groups in total. The average molecular weight is 282 g/mol. The number of carbonyl (C=O) groups excluding carboxylic acids is 1. The molecule has 21 heavy (non-hydrogen) atoms. The van der Waals surface area contributed by atoms with Crippen LogP contribution in [-0.4, -0.2) is 20.0 Å². The third-order valence-corrected chi connectivity index (χ3v) is 3.18. The molecule has 0 aromatic heterocycles. The molecule has 2 rings (SSSR count). The van der Waals surface area contributed by atoms with Gasteiger partial charge in [-0.15, -0.1) is 0 Å². The second-order valence-corrected chi connectivity index (χ2v) is 4.67. The molecular formula is C18H18O3. The zero-order chi connectivity index (χ0) is 15.2. The number of benzene rings is 2. The zero-order valence-corrected chi connectivity index (χ0v) is 12.4. The smallest absolute Gasteiger partial charge is 0.189 e. The van der Waals surface area contributed by atoms with E-state index in [2.05, 4.69) is 0 Å². The summed E-state index contributed by atoms with van der Waals surface area (Å²) in [6.45, 7) is 2.03. The molecule has 0 atom stereocenters. The van der Waals surface area contributed by atoms with Crippen molar-refractivity contribution < 1.29 is 14.3 Å². The molecule has 0 aliphatic heterocycles. The van der Waals surface area contributed by atoms with Crippen molar-refractivity contribution in [3.05, 3.63) is 65.2 Å². The molecule has 108 valence electrons. The number of carbonyl (C=O) groups is 1. The Balaban J connectivity index is 2.25. The van der Waals surface area contributed by atoms with Gasteiger partial charge in [-0.2, -0.15) is 0 Å². The van der Waals surface area contributed by atoms with Crippen LogP contribution in [0, 0.1) is 6.92 Å². The van der Waals surface area contributed by atoms with Gasteiger partial charge in [-0.25, -0.2) is 0 Å². The molecule has 3 heteroatoms. The topological polar surface area (TPSA) is 35.5 Å². The number of rotatable bonds is 5. The highest BCUT2D eigenvalue weighted by atomic mass is 16.5. The Labute approximate surface area is 124 Å². The van der Waals surface area contributed by atoms with E-state index < -0.39 is 0 Å². The summed E-state index contributed by atoms with van der Waals surface area (Å²) in [7, 11) is 3.11. The summed E-state index contributed by atoms with van der Waals surface area (Å²) in [5, 5.41) is 0. The number of aryl methyl sites for hydroxylation is 1. The van der Waals surface area contributed by atoms with E-state index in [-0.39, 0.29) is 5.78 Å². The van der Waals surface area contributed by atoms with Crippen LogP contribution in [0.3, 0.4) is 0 Å². The van der Waals surface area contributed by atoms with Crippen LogP contribution in [0.5, 0.6) is 11.5 Å². The zero-order valence-electron chi connectivity index (χ0n) is 12.4. The minimum atomic E-state index is -0.119. The van der Waals surface area contributed by atoms with Crippen LogP contribution in [0.25, 0.3) is 6.08 Å². The fourth-order valence-corrected chi connectivity index (χ4v) is 1.95. The first-order valence-electron chi connectivity index (χ1n) is 6.65. The molecule has 0 amide bonds. The minimum Gasteiger partial charge on any atom is -0.497 e. The van der Waals surface area contributed by atoms with Gasteiger partial charge in [-0.05, 0) is 36.8 Å². The van der Waals surface area contributed by atoms with E-state index >= 15 is 0 Å².